The quantitative estimate of drug-likeness (QED) is 0.372. The van der Waals surface area contributed by atoms with Gasteiger partial charge in [-0.3, -0.25) is 4.99 Å². The van der Waals surface area contributed by atoms with Crippen LogP contribution in [-0.2, 0) is 21.2 Å². The van der Waals surface area contributed by atoms with Gasteiger partial charge in [-0.15, -0.1) is 0 Å². The van der Waals surface area contributed by atoms with E-state index in [-0.39, 0.29) is 12.3 Å². The molecule has 0 aliphatic heterocycles. The molecule has 8 heteroatoms. The highest BCUT2D eigenvalue weighted by molar-refractivity contribution is 7.91. The lowest BCUT2D eigenvalue weighted by molar-refractivity contribution is 0.105. The van der Waals surface area contributed by atoms with Gasteiger partial charge in [-0.25, -0.2) is 8.42 Å². The van der Waals surface area contributed by atoms with Gasteiger partial charge < -0.3 is 19.8 Å². The summed E-state index contributed by atoms with van der Waals surface area (Å²) in [6.07, 6.45) is 2.41. The molecule has 26 heavy (non-hydrogen) atoms. The summed E-state index contributed by atoms with van der Waals surface area (Å²) in [6.45, 7) is 2.00. The summed E-state index contributed by atoms with van der Waals surface area (Å²) in [6, 6.07) is 12.1. The fourth-order valence-electron chi connectivity index (χ4n) is 2.22. The van der Waals surface area contributed by atoms with Crippen LogP contribution >= 0.6 is 0 Å². The van der Waals surface area contributed by atoms with E-state index in [2.05, 4.69) is 15.6 Å². The molecule has 0 amide bonds. The summed E-state index contributed by atoms with van der Waals surface area (Å²) >= 11 is 0. The maximum atomic E-state index is 12.2. The van der Waals surface area contributed by atoms with Crippen LogP contribution in [0, 0.1) is 0 Å². The van der Waals surface area contributed by atoms with Crippen LogP contribution in [0.3, 0.4) is 0 Å². The Morgan fingerprint density at radius 3 is 2.58 bits per heavy atom. The molecule has 1 heterocycles. The highest BCUT2D eigenvalue weighted by atomic mass is 32.2. The van der Waals surface area contributed by atoms with Crippen molar-refractivity contribution in [2.24, 2.45) is 4.99 Å². The van der Waals surface area contributed by atoms with Gasteiger partial charge in [-0.2, -0.15) is 0 Å². The average Bonchev–Trinajstić information content (AvgIpc) is 3.17. The molecule has 142 valence electrons. The largest absolute Gasteiger partial charge is 0.467 e. The molecule has 0 aliphatic carbocycles. The molecule has 0 radical (unpaired) electrons. The van der Waals surface area contributed by atoms with Crippen LogP contribution < -0.4 is 10.6 Å². The van der Waals surface area contributed by atoms with E-state index in [1.54, 1.807) is 43.6 Å². The number of ether oxygens (including phenoxy) is 1. The van der Waals surface area contributed by atoms with Crippen LogP contribution in [0.15, 0.2) is 63.0 Å². The van der Waals surface area contributed by atoms with Gasteiger partial charge in [0.05, 0.1) is 16.9 Å². The Labute approximate surface area is 154 Å². The second-order valence-electron chi connectivity index (χ2n) is 5.54. The predicted octanol–water partition coefficient (Wildman–Crippen LogP) is 1.83. The van der Waals surface area contributed by atoms with Gasteiger partial charge in [0, 0.05) is 26.7 Å². The first kappa shape index (κ1) is 20.0. The second kappa shape index (κ2) is 10.6. The number of guanidine groups is 1. The lowest BCUT2D eigenvalue weighted by Crippen LogP contribution is -2.40. The fourth-order valence-corrected chi connectivity index (χ4v) is 3.40. The number of aliphatic imine (C=N–C) groups is 1. The zero-order valence-electron chi connectivity index (χ0n) is 14.8. The zero-order valence-corrected chi connectivity index (χ0v) is 15.7. The number of nitrogens with one attached hydrogen (secondary N) is 2. The molecule has 1 aromatic heterocycles. The first-order valence-electron chi connectivity index (χ1n) is 8.44. The van der Waals surface area contributed by atoms with Gasteiger partial charge in [0.25, 0.3) is 0 Å². The summed E-state index contributed by atoms with van der Waals surface area (Å²) in [5.74, 6) is 1.37. The van der Waals surface area contributed by atoms with E-state index >= 15 is 0 Å². The van der Waals surface area contributed by atoms with Crippen molar-refractivity contribution in [3.63, 3.8) is 0 Å². The molecule has 0 aliphatic rings. The number of nitrogens with zero attached hydrogens (tertiary/aromatic N) is 1. The Kier molecular flexibility index (Phi) is 8.17. The van der Waals surface area contributed by atoms with Crippen molar-refractivity contribution in [1.82, 2.24) is 10.6 Å². The third-order valence-corrected chi connectivity index (χ3v) is 5.30. The molecular weight excluding hydrogens is 354 g/mol. The third kappa shape index (κ3) is 6.89. The molecule has 1 aromatic carbocycles. The standard InChI is InChI=1S/C18H25N3O4S/c1-19-18(20-10-6-12-24-15-16-7-5-13-25-16)21-11-14-26(22,23)17-8-3-2-4-9-17/h2-5,7-9,13H,6,10-12,14-15H2,1H3,(H2,19,20,21). The smallest absolute Gasteiger partial charge is 0.191 e. The summed E-state index contributed by atoms with van der Waals surface area (Å²) in [5, 5.41) is 6.14. The monoisotopic (exact) mass is 379 g/mol. The molecule has 2 aromatic rings. The maximum Gasteiger partial charge on any atom is 0.191 e. The number of hydrogen-bond donors (Lipinski definition) is 2. The number of benzene rings is 1. The number of sulfone groups is 1. The Morgan fingerprint density at radius 2 is 1.88 bits per heavy atom. The summed E-state index contributed by atoms with van der Waals surface area (Å²) in [4.78, 5) is 4.41. The van der Waals surface area contributed by atoms with Crippen molar-refractivity contribution in [3.05, 3.63) is 54.5 Å². The predicted molar refractivity (Wildman–Crippen MR) is 101 cm³/mol. The number of furan rings is 1. The molecule has 0 bridgehead atoms. The van der Waals surface area contributed by atoms with Gasteiger partial charge in [0.15, 0.2) is 15.8 Å². The van der Waals surface area contributed by atoms with Crippen molar-refractivity contribution < 1.29 is 17.6 Å². The molecular formula is C18H25N3O4S. The molecule has 2 N–H and O–H groups in total. The van der Waals surface area contributed by atoms with Crippen molar-refractivity contribution in [2.75, 3.05) is 32.5 Å². The van der Waals surface area contributed by atoms with Crippen molar-refractivity contribution >= 4 is 15.8 Å². The van der Waals surface area contributed by atoms with E-state index in [1.165, 1.54) is 0 Å². The Morgan fingerprint density at radius 1 is 1.12 bits per heavy atom. The van der Waals surface area contributed by atoms with E-state index in [0.29, 0.717) is 30.6 Å². The molecule has 0 saturated heterocycles. The number of hydrogen-bond acceptors (Lipinski definition) is 5. The van der Waals surface area contributed by atoms with Crippen LogP contribution in [0.4, 0.5) is 0 Å². The van der Waals surface area contributed by atoms with Gasteiger partial charge in [0.1, 0.15) is 12.4 Å². The molecule has 2 rings (SSSR count). The minimum Gasteiger partial charge on any atom is -0.467 e. The highest BCUT2D eigenvalue weighted by Gasteiger charge is 2.13. The lowest BCUT2D eigenvalue weighted by atomic mass is 10.4. The first-order chi connectivity index (χ1) is 12.6. The highest BCUT2D eigenvalue weighted by Crippen LogP contribution is 2.09. The van der Waals surface area contributed by atoms with Crippen molar-refractivity contribution in [3.8, 4) is 0 Å². The first-order valence-corrected chi connectivity index (χ1v) is 10.1. The summed E-state index contributed by atoms with van der Waals surface area (Å²) < 4.78 is 35.1. The van der Waals surface area contributed by atoms with Gasteiger partial charge >= 0.3 is 0 Å². The molecule has 0 fully saturated rings. The van der Waals surface area contributed by atoms with Gasteiger partial charge in [-0.1, -0.05) is 18.2 Å². The maximum absolute atomic E-state index is 12.2. The van der Waals surface area contributed by atoms with Crippen LogP contribution in [0.25, 0.3) is 0 Å². The molecule has 0 saturated carbocycles. The zero-order chi connectivity index (χ0) is 18.7. The third-order valence-electron chi connectivity index (χ3n) is 3.57. The summed E-state index contributed by atoms with van der Waals surface area (Å²) in [5.41, 5.74) is 0. The van der Waals surface area contributed by atoms with E-state index in [0.717, 1.165) is 12.2 Å². The van der Waals surface area contributed by atoms with Crippen LogP contribution in [0.1, 0.15) is 12.2 Å². The van der Waals surface area contributed by atoms with Crippen LogP contribution in [-0.4, -0.2) is 46.9 Å². The lowest BCUT2D eigenvalue weighted by Gasteiger charge is -2.12. The van der Waals surface area contributed by atoms with E-state index in [4.69, 9.17) is 9.15 Å². The SMILES string of the molecule is CN=C(NCCCOCc1ccco1)NCCS(=O)(=O)c1ccccc1. The van der Waals surface area contributed by atoms with Gasteiger partial charge in [0.2, 0.25) is 0 Å². The molecule has 0 unspecified atom stereocenters. The Hall–Kier alpha value is -2.32. The minimum atomic E-state index is -3.29. The fraction of sp³-hybridized carbons (Fsp3) is 0.389. The summed E-state index contributed by atoms with van der Waals surface area (Å²) in [7, 11) is -1.65. The van der Waals surface area contributed by atoms with Crippen LogP contribution in [0.5, 0.6) is 0 Å². The molecule has 7 nitrogen and oxygen atoms in total. The molecule has 0 spiro atoms. The normalized spacial score (nSPS) is 12.1. The van der Waals surface area contributed by atoms with Crippen molar-refractivity contribution in [1.29, 1.82) is 0 Å². The van der Waals surface area contributed by atoms with E-state index < -0.39 is 9.84 Å². The Balaban J connectivity index is 1.60. The second-order valence-corrected chi connectivity index (χ2v) is 7.65. The van der Waals surface area contributed by atoms with Crippen molar-refractivity contribution in [2.45, 2.75) is 17.9 Å². The van der Waals surface area contributed by atoms with E-state index in [9.17, 15) is 8.42 Å². The Bertz CT molecular complexity index is 759. The number of rotatable bonds is 10. The molecule has 0 atom stereocenters. The minimum absolute atomic E-state index is 0.00394. The topological polar surface area (TPSA) is 92.9 Å². The van der Waals surface area contributed by atoms with Crippen LogP contribution in [0.2, 0.25) is 0 Å². The average molecular weight is 379 g/mol. The van der Waals surface area contributed by atoms with Gasteiger partial charge in [-0.05, 0) is 30.7 Å². The van der Waals surface area contributed by atoms with E-state index in [1.807, 2.05) is 12.1 Å².